The third kappa shape index (κ3) is 1.96. The van der Waals surface area contributed by atoms with Crippen LogP contribution in [-0.2, 0) is 11.8 Å². The fourth-order valence-corrected chi connectivity index (χ4v) is 6.03. The van der Waals surface area contributed by atoms with Crippen LogP contribution in [0, 0.1) is 11.8 Å². The van der Waals surface area contributed by atoms with Gasteiger partial charge in [-0.05, 0) is 80.2 Å². The molecule has 23 heavy (non-hydrogen) atoms. The van der Waals surface area contributed by atoms with Crippen LogP contribution in [0.3, 0.4) is 0 Å². The van der Waals surface area contributed by atoms with Crippen molar-refractivity contribution < 1.29 is 10.2 Å². The molecule has 3 fully saturated rings. The van der Waals surface area contributed by atoms with Crippen molar-refractivity contribution in [3.63, 3.8) is 0 Å². The largest absolute Gasteiger partial charge is 0.508 e. The standard InChI is InChI=1S/C20H27NO2/c22-16-4-3-15-10-18-20(23)12-14(9-13-1-2-13)5-6-19(20,7-8-21-18)17(15)11-16/h3-4,11,13-14,18,21-23H,1-2,5-10,12H2/t14?,18-,19+,20?/m1/s1. The van der Waals surface area contributed by atoms with E-state index in [2.05, 4.69) is 11.4 Å². The summed E-state index contributed by atoms with van der Waals surface area (Å²) >= 11 is 0. The van der Waals surface area contributed by atoms with Crippen LogP contribution in [-0.4, -0.2) is 28.4 Å². The minimum Gasteiger partial charge on any atom is -0.508 e. The van der Waals surface area contributed by atoms with E-state index in [1.54, 1.807) is 6.07 Å². The molecule has 2 saturated carbocycles. The summed E-state index contributed by atoms with van der Waals surface area (Å²) in [7, 11) is 0. The maximum atomic E-state index is 11.9. The Morgan fingerprint density at radius 2 is 2.00 bits per heavy atom. The zero-order valence-electron chi connectivity index (χ0n) is 13.7. The van der Waals surface area contributed by atoms with Crippen LogP contribution >= 0.6 is 0 Å². The van der Waals surface area contributed by atoms with Crippen molar-refractivity contribution in [2.45, 2.75) is 68.4 Å². The summed E-state index contributed by atoms with van der Waals surface area (Å²) in [6.07, 6.45) is 9.26. The third-order valence-corrected chi connectivity index (χ3v) is 7.32. The van der Waals surface area contributed by atoms with E-state index >= 15 is 0 Å². The van der Waals surface area contributed by atoms with Gasteiger partial charge in [0, 0.05) is 11.5 Å². The Kier molecular flexibility index (Phi) is 2.94. The predicted octanol–water partition coefficient (Wildman–Crippen LogP) is 2.88. The lowest BCUT2D eigenvalue weighted by molar-refractivity contribution is -0.138. The van der Waals surface area contributed by atoms with Gasteiger partial charge in [0.25, 0.3) is 0 Å². The van der Waals surface area contributed by atoms with Crippen LogP contribution in [0.4, 0.5) is 0 Å². The topological polar surface area (TPSA) is 52.5 Å². The molecule has 0 aromatic heterocycles. The molecule has 0 radical (unpaired) electrons. The van der Waals surface area contributed by atoms with E-state index in [1.807, 2.05) is 6.07 Å². The molecule has 124 valence electrons. The molecule has 3 aliphatic carbocycles. The monoisotopic (exact) mass is 313 g/mol. The molecule has 0 amide bonds. The van der Waals surface area contributed by atoms with Crippen LogP contribution in [0.2, 0.25) is 0 Å². The lowest BCUT2D eigenvalue weighted by Crippen LogP contribution is -2.72. The van der Waals surface area contributed by atoms with Crippen molar-refractivity contribution >= 4 is 0 Å². The first kappa shape index (κ1) is 14.3. The van der Waals surface area contributed by atoms with Gasteiger partial charge in [-0.15, -0.1) is 0 Å². The zero-order chi connectivity index (χ0) is 15.7. The van der Waals surface area contributed by atoms with Crippen LogP contribution < -0.4 is 5.32 Å². The van der Waals surface area contributed by atoms with Crippen LogP contribution in [0.15, 0.2) is 18.2 Å². The van der Waals surface area contributed by atoms with Gasteiger partial charge in [0.1, 0.15) is 5.75 Å². The molecule has 3 heteroatoms. The van der Waals surface area contributed by atoms with E-state index in [4.69, 9.17) is 0 Å². The highest BCUT2D eigenvalue weighted by Crippen LogP contribution is 2.59. The summed E-state index contributed by atoms with van der Waals surface area (Å²) in [4.78, 5) is 0. The van der Waals surface area contributed by atoms with Gasteiger partial charge in [0.2, 0.25) is 0 Å². The number of phenolic OH excluding ortho intramolecular Hbond substituents is 1. The number of phenols is 1. The van der Waals surface area contributed by atoms with E-state index < -0.39 is 5.60 Å². The summed E-state index contributed by atoms with van der Waals surface area (Å²) in [5, 5.41) is 25.5. The number of fused-ring (bicyclic) bond motifs is 1. The van der Waals surface area contributed by atoms with Gasteiger partial charge in [0.05, 0.1) is 5.60 Å². The number of rotatable bonds is 2. The smallest absolute Gasteiger partial charge is 0.115 e. The van der Waals surface area contributed by atoms with E-state index in [0.717, 1.165) is 38.1 Å². The molecule has 3 N–H and O–H groups in total. The summed E-state index contributed by atoms with van der Waals surface area (Å²) in [5.74, 6) is 1.96. The Morgan fingerprint density at radius 3 is 2.83 bits per heavy atom. The van der Waals surface area contributed by atoms with Crippen molar-refractivity contribution in [1.29, 1.82) is 0 Å². The highest BCUT2D eigenvalue weighted by molar-refractivity contribution is 5.48. The van der Waals surface area contributed by atoms with Gasteiger partial charge in [-0.3, -0.25) is 0 Å². The normalized spacial score (nSPS) is 42.0. The molecule has 1 saturated heterocycles. The number of piperidine rings is 1. The van der Waals surface area contributed by atoms with Crippen LogP contribution in [0.5, 0.6) is 5.75 Å². The molecule has 2 unspecified atom stereocenters. The Hall–Kier alpha value is -1.06. The number of aromatic hydroxyl groups is 1. The second-order valence-corrected chi connectivity index (χ2v) is 8.60. The van der Waals surface area contributed by atoms with Gasteiger partial charge < -0.3 is 15.5 Å². The zero-order valence-corrected chi connectivity index (χ0v) is 13.7. The molecule has 0 spiro atoms. The number of hydrogen-bond acceptors (Lipinski definition) is 3. The van der Waals surface area contributed by atoms with Gasteiger partial charge in [-0.1, -0.05) is 18.9 Å². The van der Waals surface area contributed by atoms with E-state index in [-0.39, 0.29) is 11.5 Å². The molecule has 1 aromatic rings. The molecule has 1 heterocycles. The lowest BCUT2D eigenvalue weighted by Gasteiger charge is -2.62. The molecule has 4 atom stereocenters. The quantitative estimate of drug-likeness (QED) is 0.787. The van der Waals surface area contributed by atoms with Gasteiger partial charge in [0.15, 0.2) is 0 Å². The molecule has 3 nitrogen and oxygen atoms in total. The number of benzene rings is 1. The Balaban J connectivity index is 1.58. The van der Waals surface area contributed by atoms with Crippen molar-refractivity contribution in [2.75, 3.05) is 6.54 Å². The predicted molar refractivity (Wildman–Crippen MR) is 89.5 cm³/mol. The van der Waals surface area contributed by atoms with E-state index in [0.29, 0.717) is 11.7 Å². The minimum atomic E-state index is -0.635. The molecular formula is C20H27NO2. The van der Waals surface area contributed by atoms with Crippen LogP contribution in [0.1, 0.15) is 56.1 Å². The van der Waals surface area contributed by atoms with Crippen molar-refractivity contribution in [1.82, 2.24) is 5.32 Å². The van der Waals surface area contributed by atoms with Crippen molar-refractivity contribution in [3.05, 3.63) is 29.3 Å². The highest BCUT2D eigenvalue weighted by Gasteiger charge is 2.62. The average molecular weight is 313 g/mol. The molecule has 1 aromatic carbocycles. The minimum absolute atomic E-state index is 0.144. The number of hydrogen-bond donors (Lipinski definition) is 3. The maximum absolute atomic E-state index is 11.9. The molecule has 2 bridgehead atoms. The summed E-state index contributed by atoms with van der Waals surface area (Å²) in [6.45, 7) is 0.982. The fraction of sp³-hybridized carbons (Fsp3) is 0.700. The third-order valence-electron chi connectivity index (χ3n) is 7.32. The first-order chi connectivity index (χ1) is 11.1. The molecule has 5 rings (SSSR count). The summed E-state index contributed by atoms with van der Waals surface area (Å²) in [6, 6.07) is 6.00. The first-order valence-electron chi connectivity index (χ1n) is 9.39. The summed E-state index contributed by atoms with van der Waals surface area (Å²) < 4.78 is 0. The second kappa shape index (κ2) is 4.73. The van der Waals surface area contributed by atoms with Crippen molar-refractivity contribution in [2.24, 2.45) is 11.8 Å². The van der Waals surface area contributed by atoms with Gasteiger partial charge in [-0.2, -0.15) is 0 Å². The fourth-order valence-electron chi connectivity index (χ4n) is 6.03. The molecule has 1 aliphatic heterocycles. The van der Waals surface area contributed by atoms with E-state index in [9.17, 15) is 10.2 Å². The SMILES string of the molecule is Oc1ccc2c(c1)[C@]13CCN[C@H](C2)C1(O)CC(CC1CC1)CC3. The number of nitrogens with one attached hydrogen (secondary N) is 1. The Bertz CT molecular complexity index is 641. The number of aliphatic hydroxyl groups is 1. The Labute approximate surface area is 138 Å². The van der Waals surface area contributed by atoms with Crippen LogP contribution in [0.25, 0.3) is 0 Å². The Morgan fingerprint density at radius 1 is 1.13 bits per heavy atom. The maximum Gasteiger partial charge on any atom is 0.115 e. The van der Waals surface area contributed by atoms with Gasteiger partial charge in [-0.25, -0.2) is 0 Å². The van der Waals surface area contributed by atoms with Crippen molar-refractivity contribution in [3.8, 4) is 5.75 Å². The van der Waals surface area contributed by atoms with E-state index in [1.165, 1.54) is 36.8 Å². The molecule has 4 aliphatic rings. The first-order valence-corrected chi connectivity index (χ1v) is 9.39. The average Bonchev–Trinajstić information content (AvgIpc) is 3.32. The summed E-state index contributed by atoms with van der Waals surface area (Å²) in [5.41, 5.74) is 1.78. The highest BCUT2D eigenvalue weighted by atomic mass is 16.3. The molecular weight excluding hydrogens is 286 g/mol. The second-order valence-electron chi connectivity index (χ2n) is 8.60. The van der Waals surface area contributed by atoms with Gasteiger partial charge >= 0.3 is 0 Å². The lowest BCUT2D eigenvalue weighted by atomic mass is 9.48.